The molecule has 3 heterocycles. The molecule has 0 atom stereocenters. The molecule has 0 amide bonds. The van der Waals surface area contributed by atoms with Crippen LogP contribution in [0.15, 0.2) is 65.2 Å². The Morgan fingerprint density at radius 3 is 2.09 bits per heavy atom. The van der Waals surface area contributed by atoms with Gasteiger partial charge < -0.3 is 9.51 Å². The Bertz CT molecular complexity index is 1350. The van der Waals surface area contributed by atoms with E-state index in [9.17, 15) is 0 Å². The Morgan fingerprint density at radius 2 is 1.48 bits per heavy atom. The summed E-state index contributed by atoms with van der Waals surface area (Å²) in [6.45, 7) is 6.21. The standard InChI is InChI=1S/C26H25N5O.ClH/c1-4-19-22(25(31-32-19)18-14-10-7-11-15-18)23-21(26-28-20(5-2)29-30-26)16(3)27-24(23)17-12-8-6-9-13-17;/h6-15,27H,4-5H2,1-3H3,(H,28,29,30);1H. The lowest BCUT2D eigenvalue weighted by atomic mass is 9.92. The molecule has 0 unspecified atom stereocenters. The predicted octanol–water partition coefficient (Wildman–Crippen LogP) is 6.64. The van der Waals surface area contributed by atoms with Crippen molar-refractivity contribution in [1.82, 2.24) is 25.3 Å². The summed E-state index contributed by atoms with van der Waals surface area (Å²) in [4.78, 5) is 8.37. The van der Waals surface area contributed by atoms with Gasteiger partial charge in [-0.2, -0.15) is 5.10 Å². The Morgan fingerprint density at radius 1 is 0.818 bits per heavy atom. The molecule has 0 aliphatic heterocycles. The molecule has 33 heavy (non-hydrogen) atoms. The van der Waals surface area contributed by atoms with Crippen LogP contribution in [0.3, 0.4) is 0 Å². The van der Waals surface area contributed by atoms with Crippen LogP contribution in [0.1, 0.15) is 31.1 Å². The molecule has 7 heteroatoms. The summed E-state index contributed by atoms with van der Waals surface area (Å²) in [7, 11) is 0. The van der Waals surface area contributed by atoms with Crippen LogP contribution in [0, 0.1) is 6.92 Å². The van der Waals surface area contributed by atoms with Crippen molar-refractivity contribution in [3.05, 3.63) is 77.9 Å². The van der Waals surface area contributed by atoms with E-state index in [1.807, 2.05) is 36.4 Å². The molecule has 6 nitrogen and oxygen atoms in total. The van der Waals surface area contributed by atoms with Gasteiger partial charge >= 0.3 is 0 Å². The summed E-state index contributed by atoms with van der Waals surface area (Å²) in [5.74, 6) is 2.37. The molecular formula is C26H26ClN5O. The number of benzene rings is 2. The lowest BCUT2D eigenvalue weighted by Crippen LogP contribution is -1.92. The summed E-state index contributed by atoms with van der Waals surface area (Å²) in [5, 5.41) is 12.1. The van der Waals surface area contributed by atoms with Crippen molar-refractivity contribution in [3.63, 3.8) is 0 Å². The van der Waals surface area contributed by atoms with Crippen LogP contribution in [0.5, 0.6) is 0 Å². The predicted molar refractivity (Wildman–Crippen MR) is 133 cm³/mol. The number of halogens is 1. The Hall–Kier alpha value is -3.64. The summed E-state index contributed by atoms with van der Waals surface area (Å²) in [5.41, 5.74) is 7.91. The molecule has 2 aromatic carbocycles. The Balaban J connectivity index is 0.00000259. The summed E-state index contributed by atoms with van der Waals surface area (Å²) < 4.78 is 5.86. The fraction of sp³-hybridized carbons (Fsp3) is 0.192. The lowest BCUT2D eigenvalue weighted by molar-refractivity contribution is 0.389. The van der Waals surface area contributed by atoms with Crippen molar-refractivity contribution in [1.29, 1.82) is 0 Å². The highest BCUT2D eigenvalue weighted by atomic mass is 35.5. The van der Waals surface area contributed by atoms with E-state index < -0.39 is 0 Å². The van der Waals surface area contributed by atoms with Gasteiger partial charge in [-0.05, 0) is 12.5 Å². The topological polar surface area (TPSA) is 83.4 Å². The third-order valence-electron chi connectivity index (χ3n) is 5.72. The van der Waals surface area contributed by atoms with Gasteiger partial charge in [-0.15, -0.1) is 12.4 Å². The van der Waals surface area contributed by atoms with Crippen LogP contribution >= 0.6 is 12.4 Å². The number of nitrogens with zero attached hydrogens (tertiary/aromatic N) is 3. The van der Waals surface area contributed by atoms with Gasteiger partial charge in [0.1, 0.15) is 17.3 Å². The molecular weight excluding hydrogens is 434 g/mol. The highest BCUT2D eigenvalue weighted by Gasteiger charge is 2.29. The molecule has 0 bridgehead atoms. The molecule has 168 valence electrons. The summed E-state index contributed by atoms with van der Waals surface area (Å²) in [6, 6.07) is 20.5. The quantitative estimate of drug-likeness (QED) is 0.298. The third kappa shape index (κ3) is 3.98. The maximum absolute atomic E-state index is 5.86. The average Bonchev–Trinajstić information content (AvgIpc) is 3.56. The van der Waals surface area contributed by atoms with E-state index in [2.05, 4.69) is 65.4 Å². The fourth-order valence-electron chi connectivity index (χ4n) is 4.16. The number of nitrogens with one attached hydrogen (secondary N) is 2. The number of aromatic amines is 2. The van der Waals surface area contributed by atoms with E-state index in [4.69, 9.17) is 9.51 Å². The number of hydrogen-bond donors (Lipinski definition) is 2. The van der Waals surface area contributed by atoms with Gasteiger partial charge in [0.25, 0.3) is 0 Å². The molecule has 0 spiro atoms. The maximum atomic E-state index is 5.86. The highest BCUT2D eigenvalue weighted by molar-refractivity contribution is 5.98. The normalized spacial score (nSPS) is 10.9. The first-order valence-corrected chi connectivity index (χ1v) is 10.9. The largest absolute Gasteiger partial charge is 0.360 e. The molecule has 0 aliphatic carbocycles. The molecule has 5 aromatic rings. The SMILES string of the molecule is CCc1nc(-c2c(C)[nH]c(-c3ccccc3)c2-c2c(-c3ccccc3)noc2CC)n[nH]1.Cl. The number of aryl methyl sites for hydroxylation is 3. The van der Waals surface area contributed by atoms with Gasteiger partial charge in [-0.25, -0.2) is 4.98 Å². The molecule has 2 N–H and O–H groups in total. The van der Waals surface area contributed by atoms with Gasteiger partial charge in [-0.3, -0.25) is 5.10 Å². The minimum Gasteiger partial charge on any atom is -0.360 e. The highest BCUT2D eigenvalue weighted by Crippen LogP contribution is 2.46. The molecule has 0 aliphatic rings. The molecule has 5 rings (SSSR count). The van der Waals surface area contributed by atoms with Crippen LogP contribution in [-0.2, 0) is 12.8 Å². The van der Waals surface area contributed by atoms with Crippen LogP contribution in [0.25, 0.3) is 45.0 Å². The third-order valence-corrected chi connectivity index (χ3v) is 5.72. The zero-order chi connectivity index (χ0) is 22.1. The van der Waals surface area contributed by atoms with E-state index in [1.54, 1.807) is 0 Å². The van der Waals surface area contributed by atoms with Gasteiger partial charge in [0, 0.05) is 29.7 Å². The summed E-state index contributed by atoms with van der Waals surface area (Å²) in [6.07, 6.45) is 1.52. The van der Waals surface area contributed by atoms with E-state index in [0.29, 0.717) is 5.82 Å². The van der Waals surface area contributed by atoms with Gasteiger partial charge in [-0.1, -0.05) is 79.7 Å². The van der Waals surface area contributed by atoms with Crippen molar-refractivity contribution in [3.8, 4) is 45.0 Å². The van der Waals surface area contributed by atoms with Crippen LogP contribution in [-0.4, -0.2) is 25.3 Å². The zero-order valence-electron chi connectivity index (χ0n) is 18.8. The second-order valence-electron chi connectivity index (χ2n) is 7.75. The summed E-state index contributed by atoms with van der Waals surface area (Å²) >= 11 is 0. The van der Waals surface area contributed by atoms with Gasteiger partial charge in [0.2, 0.25) is 0 Å². The van der Waals surface area contributed by atoms with E-state index in [-0.39, 0.29) is 12.4 Å². The number of H-pyrrole nitrogens is 2. The second-order valence-corrected chi connectivity index (χ2v) is 7.75. The minimum atomic E-state index is 0. The second kappa shape index (κ2) is 9.46. The number of hydrogen-bond acceptors (Lipinski definition) is 4. The van der Waals surface area contributed by atoms with E-state index in [1.165, 1.54) is 0 Å². The van der Waals surface area contributed by atoms with Crippen molar-refractivity contribution in [2.45, 2.75) is 33.6 Å². The van der Waals surface area contributed by atoms with Crippen molar-refractivity contribution in [2.24, 2.45) is 0 Å². The first-order valence-electron chi connectivity index (χ1n) is 10.9. The molecule has 0 saturated carbocycles. The molecule has 3 aromatic heterocycles. The fourth-order valence-corrected chi connectivity index (χ4v) is 4.16. The van der Waals surface area contributed by atoms with Gasteiger partial charge in [0.15, 0.2) is 5.82 Å². The van der Waals surface area contributed by atoms with E-state index in [0.717, 1.165) is 69.3 Å². The van der Waals surface area contributed by atoms with Gasteiger partial charge in [0.05, 0.1) is 16.8 Å². The zero-order valence-corrected chi connectivity index (χ0v) is 19.7. The smallest absolute Gasteiger partial charge is 0.183 e. The molecule has 0 saturated heterocycles. The van der Waals surface area contributed by atoms with E-state index >= 15 is 0 Å². The minimum absolute atomic E-state index is 0. The van der Waals surface area contributed by atoms with Crippen LogP contribution in [0.4, 0.5) is 0 Å². The average molecular weight is 460 g/mol. The monoisotopic (exact) mass is 459 g/mol. The Labute approximate surface area is 198 Å². The number of rotatable bonds is 6. The first-order chi connectivity index (χ1) is 15.7. The van der Waals surface area contributed by atoms with Crippen molar-refractivity contribution < 1.29 is 4.52 Å². The first kappa shape index (κ1) is 22.6. The molecule has 0 fully saturated rings. The lowest BCUT2D eigenvalue weighted by Gasteiger charge is -2.09. The van der Waals surface area contributed by atoms with Crippen molar-refractivity contribution >= 4 is 12.4 Å². The molecule has 0 radical (unpaired) electrons. The van der Waals surface area contributed by atoms with Crippen LogP contribution in [0.2, 0.25) is 0 Å². The Kier molecular flexibility index (Phi) is 6.47. The van der Waals surface area contributed by atoms with Crippen molar-refractivity contribution in [2.75, 3.05) is 0 Å². The van der Waals surface area contributed by atoms with Crippen LogP contribution < -0.4 is 0 Å². The number of aromatic nitrogens is 5. The maximum Gasteiger partial charge on any atom is 0.183 e.